The number of nitrogens with zero attached hydrogens (tertiary/aromatic N) is 2. The molecule has 1 N–H and O–H groups in total. The minimum Gasteiger partial charge on any atom is -0.493 e. The number of hydrogen-bond acceptors (Lipinski definition) is 6. The molecule has 1 amide bonds. The largest absolute Gasteiger partial charge is 0.493 e. The fourth-order valence-corrected chi connectivity index (χ4v) is 4.85. The maximum absolute atomic E-state index is 13.1. The van der Waals surface area contributed by atoms with E-state index in [1.54, 1.807) is 43.5 Å². The first-order valence-corrected chi connectivity index (χ1v) is 12.2. The number of likely N-dealkylation sites (N-methyl/N-ethyl adjacent to an activating group) is 1. The van der Waals surface area contributed by atoms with Crippen LogP contribution in [0, 0.1) is 5.82 Å². The fourth-order valence-electron chi connectivity index (χ4n) is 3.29. The highest BCUT2D eigenvalue weighted by Gasteiger charge is 2.30. The van der Waals surface area contributed by atoms with E-state index in [1.165, 1.54) is 48.0 Å². The third-order valence-electron chi connectivity index (χ3n) is 5.19. The van der Waals surface area contributed by atoms with Gasteiger partial charge in [0.25, 0.3) is 5.91 Å². The number of aromatic carboxylic acids is 1. The van der Waals surface area contributed by atoms with Gasteiger partial charge in [-0.3, -0.25) is 9.69 Å². The molecule has 0 aromatic heterocycles. The maximum atomic E-state index is 13.1. The lowest BCUT2D eigenvalue weighted by Gasteiger charge is -2.14. The summed E-state index contributed by atoms with van der Waals surface area (Å²) in [5.41, 5.74) is 2.21. The second-order valence-electron chi connectivity index (χ2n) is 7.67. The van der Waals surface area contributed by atoms with Crippen molar-refractivity contribution in [2.75, 3.05) is 14.2 Å². The zero-order valence-corrected chi connectivity index (χ0v) is 21.6. The SMILES string of the molecule is COc1cc(/C=C2\SC(=Nc3ccc(C(=O)O)cc3)N(C)C2=O)cc(Br)c1OCc1ccc(F)cc1. The Kier molecular flexibility index (Phi) is 7.76. The lowest BCUT2D eigenvalue weighted by atomic mass is 10.1. The number of carbonyl (C=O) groups is 2. The standard InChI is InChI=1S/C26H20BrFN2O5S/c1-30-24(31)22(36-26(30)29-19-9-5-17(6-10-19)25(32)33)13-16-11-20(27)23(21(12-16)34-2)35-14-15-3-7-18(28)8-4-15/h3-13H,14H2,1-2H3,(H,32,33)/b22-13-,29-26?. The minimum absolute atomic E-state index is 0.160. The quantitative estimate of drug-likeness (QED) is 0.345. The van der Waals surface area contributed by atoms with E-state index in [0.29, 0.717) is 37.3 Å². The van der Waals surface area contributed by atoms with E-state index in [0.717, 1.165) is 5.56 Å². The van der Waals surface area contributed by atoms with Crippen LogP contribution in [0.2, 0.25) is 0 Å². The Morgan fingerprint density at radius 3 is 2.50 bits per heavy atom. The van der Waals surface area contributed by atoms with Gasteiger partial charge in [-0.25, -0.2) is 14.2 Å². The molecule has 0 saturated carbocycles. The molecule has 1 saturated heterocycles. The molecule has 0 unspecified atom stereocenters. The average molecular weight is 571 g/mol. The smallest absolute Gasteiger partial charge is 0.335 e. The van der Waals surface area contributed by atoms with Gasteiger partial charge in [0.05, 0.1) is 27.7 Å². The number of amides is 1. The number of benzene rings is 3. The molecular formula is C26H20BrFN2O5S. The molecule has 3 aromatic carbocycles. The first-order chi connectivity index (χ1) is 17.2. The van der Waals surface area contributed by atoms with E-state index in [4.69, 9.17) is 14.6 Å². The van der Waals surface area contributed by atoms with Crippen LogP contribution in [0.3, 0.4) is 0 Å². The number of rotatable bonds is 7. The number of carbonyl (C=O) groups excluding carboxylic acids is 1. The molecule has 1 aliphatic rings. The van der Waals surface area contributed by atoms with Crippen molar-refractivity contribution in [2.45, 2.75) is 6.61 Å². The lowest BCUT2D eigenvalue weighted by molar-refractivity contribution is -0.121. The van der Waals surface area contributed by atoms with E-state index >= 15 is 0 Å². The van der Waals surface area contributed by atoms with Crippen molar-refractivity contribution >= 4 is 56.5 Å². The molecule has 10 heteroatoms. The number of thioether (sulfide) groups is 1. The summed E-state index contributed by atoms with van der Waals surface area (Å²) in [5, 5.41) is 9.52. The van der Waals surface area contributed by atoms with Gasteiger partial charge in [0.1, 0.15) is 12.4 Å². The lowest BCUT2D eigenvalue weighted by Crippen LogP contribution is -2.23. The monoisotopic (exact) mass is 570 g/mol. The van der Waals surface area contributed by atoms with Crippen LogP contribution >= 0.6 is 27.7 Å². The molecule has 0 spiro atoms. The van der Waals surface area contributed by atoms with E-state index in [9.17, 15) is 14.0 Å². The second-order valence-corrected chi connectivity index (χ2v) is 9.53. The summed E-state index contributed by atoms with van der Waals surface area (Å²) < 4.78 is 25.2. The van der Waals surface area contributed by atoms with Crippen molar-refractivity contribution in [3.8, 4) is 11.5 Å². The first-order valence-electron chi connectivity index (χ1n) is 10.6. The van der Waals surface area contributed by atoms with Crippen LogP contribution in [0.15, 0.2) is 75.0 Å². The van der Waals surface area contributed by atoms with E-state index in [2.05, 4.69) is 20.9 Å². The van der Waals surface area contributed by atoms with Crippen LogP contribution in [-0.2, 0) is 11.4 Å². The molecule has 0 bridgehead atoms. The predicted octanol–water partition coefficient (Wildman–Crippen LogP) is 6.11. The molecule has 36 heavy (non-hydrogen) atoms. The summed E-state index contributed by atoms with van der Waals surface area (Å²) in [4.78, 5) is 30.2. The summed E-state index contributed by atoms with van der Waals surface area (Å²) in [6, 6.07) is 15.7. The summed E-state index contributed by atoms with van der Waals surface area (Å²) in [7, 11) is 3.15. The van der Waals surface area contributed by atoms with Crippen molar-refractivity contribution in [1.29, 1.82) is 0 Å². The highest BCUT2D eigenvalue weighted by molar-refractivity contribution is 9.10. The highest BCUT2D eigenvalue weighted by atomic mass is 79.9. The van der Waals surface area contributed by atoms with Gasteiger partial charge >= 0.3 is 5.97 Å². The number of hydrogen-bond donors (Lipinski definition) is 1. The van der Waals surface area contributed by atoms with Crippen LogP contribution in [0.4, 0.5) is 10.1 Å². The number of ether oxygens (including phenoxy) is 2. The molecule has 1 heterocycles. The van der Waals surface area contributed by atoms with Crippen LogP contribution in [-0.4, -0.2) is 41.2 Å². The molecule has 1 aliphatic heterocycles. The minimum atomic E-state index is -1.02. The fraction of sp³-hybridized carbons (Fsp3) is 0.115. The zero-order chi connectivity index (χ0) is 25.8. The molecular weight excluding hydrogens is 551 g/mol. The number of amidine groups is 1. The zero-order valence-electron chi connectivity index (χ0n) is 19.2. The van der Waals surface area contributed by atoms with Crippen LogP contribution in [0.25, 0.3) is 6.08 Å². The third kappa shape index (κ3) is 5.77. The summed E-state index contributed by atoms with van der Waals surface area (Å²) in [6.07, 6.45) is 1.73. The Hall–Kier alpha value is -3.63. The van der Waals surface area contributed by atoms with Gasteiger partial charge in [0.15, 0.2) is 16.7 Å². The summed E-state index contributed by atoms with van der Waals surface area (Å²) in [5.74, 6) is -0.597. The summed E-state index contributed by atoms with van der Waals surface area (Å²) in [6.45, 7) is 0.224. The Morgan fingerprint density at radius 1 is 1.17 bits per heavy atom. The molecule has 184 valence electrons. The number of methoxy groups -OCH3 is 1. The average Bonchev–Trinajstić information content (AvgIpc) is 3.12. The van der Waals surface area contributed by atoms with E-state index < -0.39 is 5.97 Å². The Labute approximate surface area is 219 Å². The summed E-state index contributed by atoms with van der Waals surface area (Å²) >= 11 is 4.72. The van der Waals surface area contributed by atoms with Crippen molar-refractivity contribution in [2.24, 2.45) is 4.99 Å². The van der Waals surface area contributed by atoms with Gasteiger partial charge in [-0.2, -0.15) is 0 Å². The Bertz CT molecular complexity index is 1370. The van der Waals surface area contributed by atoms with Crippen molar-refractivity contribution in [3.05, 3.63) is 92.5 Å². The molecule has 0 radical (unpaired) electrons. The molecule has 3 aromatic rings. The van der Waals surface area contributed by atoms with Crippen molar-refractivity contribution in [3.63, 3.8) is 0 Å². The third-order valence-corrected chi connectivity index (χ3v) is 6.84. The van der Waals surface area contributed by atoms with E-state index in [-0.39, 0.29) is 23.9 Å². The van der Waals surface area contributed by atoms with Gasteiger partial charge in [-0.05, 0) is 93.4 Å². The molecule has 0 aliphatic carbocycles. The number of carboxylic acid groups (broad SMARTS) is 1. The van der Waals surface area contributed by atoms with Crippen LogP contribution in [0.5, 0.6) is 11.5 Å². The van der Waals surface area contributed by atoms with Crippen LogP contribution < -0.4 is 9.47 Å². The van der Waals surface area contributed by atoms with Gasteiger partial charge < -0.3 is 14.6 Å². The maximum Gasteiger partial charge on any atom is 0.335 e. The van der Waals surface area contributed by atoms with Crippen molar-refractivity contribution < 1.29 is 28.6 Å². The number of halogens is 2. The number of aliphatic imine (C=N–C) groups is 1. The molecule has 0 atom stereocenters. The van der Waals surface area contributed by atoms with Crippen LogP contribution in [0.1, 0.15) is 21.5 Å². The van der Waals surface area contributed by atoms with Gasteiger partial charge in [-0.15, -0.1) is 0 Å². The number of carboxylic acids is 1. The molecule has 7 nitrogen and oxygen atoms in total. The molecule has 4 rings (SSSR count). The molecule has 1 fully saturated rings. The van der Waals surface area contributed by atoms with Gasteiger partial charge in [0, 0.05) is 7.05 Å². The Morgan fingerprint density at radius 2 is 1.86 bits per heavy atom. The first kappa shape index (κ1) is 25.5. The normalized spacial score (nSPS) is 15.6. The second kappa shape index (κ2) is 11.0. The topological polar surface area (TPSA) is 88.4 Å². The van der Waals surface area contributed by atoms with Gasteiger partial charge in [0.2, 0.25) is 0 Å². The highest BCUT2D eigenvalue weighted by Crippen LogP contribution is 2.39. The Balaban J connectivity index is 1.55. The predicted molar refractivity (Wildman–Crippen MR) is 140 cm³/mol. The van der Waals surface area contributed by atoms with Crippen molar-refractivity contribution in [1.82, 2.24) is 4.90 Å². The van der Waals surface area contributed by atoms with Gasteiger partial charge in [-0.1, -0.05) is 12.1 Å². The van der Waals surface area contributed by atoms with E-state index in [1.807, 2.05) is 6.07 Å².